The molecule has 15 heavy (non-hydrogen) atoms. The van der Waals surface area contributed by atoms with Crippen molar-refractivity contribution in [2.45, 2.75) is 26.2 Å². The molecule has 82 valence electrons. The van der Waals surface area contributed by atoms with E-state index >= 15 is 0 Å². The minimum Gasteiger partial charge on any atom is -0.395 e. The van der Waals surface area contributed by atoms with E-state index in [1.165, 1.54) is 12.8 Å². The third-order valence-corrected chi connectivity index (χ3v) is 2.28. The van der Waals surface area contributed by atoms with Crippen molar-refractivity contribution >= 4 is 16.8 Å². The van der Waals surface area contributed by atoms with Crippen molar-refractivity contribution in [3.05, 3.63) is 35.9 Å². The monoisotopic (exact) mass is 225 g/mol. The lowest BCUT2D eigenvalue weighted by Crippen LogP contribution is -1.94. The maximum absolute atomic E-state index is 5.94. The summed E-state index contributed by atoms with van der Waals surface area (Å²) in [6.07, 6.45) is 3.37. The Hall–Kier alpha value is -1.02. The van der Waals surface area contributed by atoms with Crippen LogP contribution >= 0.6 is 11.6 Å². The summed E-state index contributed by atoms with van der Waals surface area (Å²) in [7, 11) is 0. The van der Waals surface area contributed by atoms with Gasteiger partial charge in [-0.1, -0.05) is 66.9 Å². The zero-order chi connectivity index (χ0) is 10.9. The SMILES string of the molecule is CCCCCON=C(Cl)c1ccccc1. The third-order valence-electron chi connectivity index (χ3n) is 2.00. The van der Waals surface area contributed by atoms with Gasteiger partial charge in [-0.25, -0.2) is 0 Å². The molecular formula is C12H16ClNO. The van der Waals surface area contributed by atoms with Crippen molar-refractivity contribution in [3.8, 4) is 0 Å². The van der Waals surface area contributed by atoms with Crippen molar-refractivity contribution in [3.63, 3.8) is 0 Å². The van der Waals surface area contributed by atoms with E-state index in [2.05, 4.69) is 12.1 Å². The summed E-state index contributed by atoms with van der Waals surface area (Å²) in [6.45, 7) is 2.79. The molecule has 2 nitrogen and oxygen atoms in total. The maximum atomic E-state index is 5.94. The fourth-order valence-corrected chi connectivity index (χ4v) is 1.32. The van der Waals surface area contributed by atoms with Crippen molar-refractivity contribution in [1.29, 1.82) is 0 Å². The summed E-state index contributed by atoms with van der Waals surface area (Å²) in [5.41, 5.74) is 0.884. The second kappa shape index (κ2) is 7.30. The molecule has 0 aliphatic rings. The fourth-order valence-electron chi connectivity index (χ4n) is 1.15. The first kappa shape index (κ1) is 12.1. The van der Waals surface area contributed by atoms with Crippen LogP contribution < -0.4 is 0 Å². The lowest BCUT2D eigenvalue weighted by Gasteiger charge is -2.00. The van der Waals surface area contributed by atoms with Crippen LogP contribution in [0.25, 0.3) is 0 Å². The molecule has 0 heterocycles. The van der Waals surface area contributed by atoms with E-state index in [-0.39, 0.29) is 0 Å². The topological polar surface area (TPSA) is 21.6 Å². The zero-order valence-electron chi connectivity index (χ0n) is 8.95. The van der Waals surface area contributed by atoms with Crippen LogP contribution in [0.3, 0.4) is 0 Å². The molecule has 0 amide bonds. The van der Waals surface area contributed by atoms with Gasteiger partial charge in [0.25, 0.3) is 0 Å². The van der Waals surface area contributed by atoms with Gasteiger partial charge in [-0.2, -0.15) is 0 Å². The molecule has 0 aromatic heterocycles. The number of rotatable bonds is 6. The van der Waals surface area contributed by atoms with Crippen LogP contribution in [0, 0.1) is 0 Å². The fraction of sp³-hybridized carbons (Fsp3) is 0.417. The molecule has 0 spiro atoms. The van der Waals surface area contributed by atoms with E-state index in [9.17, 15) is 0 Å². The summed E-state index contributed by atoms with van der Waals surface area (Å²) < 4.78 is 0. The van der Waals surface area contributed by atoms with E-state index in [1.807, 2.05) is 30.3 Å². The van der Waals surface area contributed by atoms with Crippen LogP contribution in [0.15, 0.2) is 35.5 Å². The molecule has 0 bridgehead atoms. The molecular weight excluding hydrogens is 210 g/mol. The van der Waals surface area contributed by atoms with E-state index < -0.39 is 0 Å². The Morgan fingerprint density at radius 2 is 2.00 bits per heavy atom. The molecule has 0 saturated carbocycles. The lowest BCUT2D eigenvalue weighted by molar-refractivity contribution is 0.141. The molecule has 1 rings (SSSR count). The molecule has 0 atom stereocenters. The van der Waals surface area contributed by atoms with E-state index in [1.54, 1.807) is 0 Å². The molecule has 0 saturated heterocycles. The van der Waals surface area contributed by atoms with Gasteiger partial charge in [0.05, 0.1) is 0 Å². The van der Waals surface area contributed by atoms with Crippen molar-refractivity contribution < 1.29 is 4.84 Å². The zero-order valence-corrected chi connectivity index (χ0v) is 9.70. The van der Waals surface area contributed by atoms with E-state index in [4.69, 9.17) is 16.4 Å². The standard InChI is InChI=1S/C12H16ClNO/c1-2-3-7-10-15-14-12(13)11-8-5-4-6-9-11/h4-6,8-9H,2-3,7,10H2,1H3. The van der Waals surface area contributed by atoms with Crippen molar-refractivity contribution in [2.24, 2.45) is 5.16 Å². The van der Waals surface area contributed by atoms with Gasteiger partial charge in [0.2, 0.25) is 0 Å². The molecule has 0 radical (unpaired) electrons. The Morgan fingerprint density at radius 1 is 1.27 bits per heavy atom. The van der Waals surface area contributed by atoms with Crippen molar-refractivity contribution in [2.75, 3.05) is 6.61 Å². The first-order valence-electron chi connectivity index (χ1n) is 5.25. The average Bonchev–Trinajstić information content (AvgIpc) is 2.30. The van der Waals surface area contributed by atoms with Crippen LogP contribution in [-0.4, -0.2) is 11.8 Å². The van der Waals surface area contributed by atoms with Crippen LogP contribution in [0.2, 0.25) is 0 Å². The van der Waals surface area contributed by atoms with Crippen LogP contribution in [0.5, 0.6) is 0 Å². The summed E-state index contributed by atoms with van der Waals surface area (Å²) in [6, 6.07) is 9.59. The number of nitrogens with zero attached hydrogens (tertiary/aromatic N) is 1. The highest BCUT2D eigenvalue weighted by Crippen LogP contribution is 2.05. The number of hydrogen-bond acceptors (Lipinski definition) is 2. The Balaban J connectivity index is 2.33. The minimum atomic E-state index is 0.409. The lowest BCUT2D eigenvalue weighted by atomic mass is 10.2. The Labute approximate surface area is 95.9 Å². The quantitative estimate of drug-likeness (QED) is 0.410. The average molecular weight is 226 g/mol. The first-order chi connectivity index (χ1) is 7.34. The molecule has 1 aromatic carbocycles. The molecule has 0 aliphatic carbocycles. The summed E-state index contributed by atoms with van der Waals surface area (Å²) in [5.74, 6) is 0. The molecule has 1 aromatic rings. The Kier molecular flexibility index (Phi) is 5.86. The van der Waals surface area contributed by atoms with Crippen molar-refractivity contribution in [1.82, 2.24) is 0 Å². The third kappa shape index (κ3) is 4.84. The summed E-state index contributed by atoms with van der Waals surface area (Å²) >= 11 is 5.94. The molecule has 3 heteroatoms. The first-order valence-corrected chi connectivity index (χ1v) is 5.63. The highest BCUT2D eigenvalue weighted by Gasteiger charge is 1.98. The maximum Gasteiger partial charge on any atom is 0.175 e. The smallest absolute Gasteiger partial charge is 0.175 e. The molecule has 0 N–H and O–H groups in total. The van der Waals surface area contributed by atoms with Gasteiger partial charge in [0, 0.05) is 5.56 Å². The van der Waals surface area contributed by atoms with E-state index in [0.29, 0.717) is 11.8 Å². The summed E-state index contributed by atoms with van der Waals surface area (Å²) in [5, 5.41) is 4.26. The number of hydrogen-bond donors (Lipinski definition) is 0. The van der Waals surface area contributed by atoms with Crippen LogP contribution in [0.4, 0.5) is 0 Å². The summed E-state index contributed by atoms with van der Waals surface area (Å²) in [4.78, 5) is 5.11. The van der Waals surface area contributed by atoms with Gasteiger partial charge < -0.3 is 4.84 Å². The van der Waals surface area contributed by atoms with Gasteiger partial charge in [-0.3, -0.25) is 0 Å². The second-order valence-electron chi connectivity index (χ2n) is 3.29. The number of oxime groups is 1. The normalized spacial score (nSPS) is 11.5. The predicted molar refractivity (Wildman–Crippen MR) is 64.3 cm³/mol. The van der Waals surface area contributed by atoms with Gasteiger partial charge in [-0.05, 0) is 6.42 Å². The Bertz CT molecular complexity index is 298. The minimum absolute atomic E-state index is 0.409. The van der Waals surface area contributed by atoms with E-state index in [0.717, 1.165) is 12.0 Å². The van der Waals surface area contributed by atoms with Crippen LogP contribution in [0.1, 0.15) is 31.7 Å². The van der Waals surface area contributed by atoms with Crippen LogP contribution in [-0.2, 0) is 4.84 Å². The molecule has 0 unspecified atom stereocenters. The largest absolute Gasteiger partial charge is 0.395 e. The van der Waals surface area contributed by atoms with Gasteiger partial charge >= 0.3 is 0 Å². The predicted octanol–water partition coefficient (Wildman–Crippen LogP) is 3.79. The number of halogens is 1. The second-order valence-corrected chi connectivity index (χ2v) is 3.65. The highest BCUT2D eigenvalue weighted by atomic mass is 35.5. The Morgan fingerprint density at radius 3 is 2.67 bits per heavy atom. The van der Waals surface area contributed by atoms with Gasteiger partial charge in [-0.15, -0.1) is 0 Å². The van der Waals surface area contributed by atoms with Gasteiger partial charge in [0.1, 0.15) is 6.61 Å². The highest BCUT2D eigenvalue weighted by molar-refractivity contribution is 6.69. The number of benzene rings is 1. The molecule has 0 fully saturated rings. The number of unbranched alkanes of at least 4 members (excludes halogenated alkanes) is 2. The van der Waals surface area contributed by atoms with Gasteiger partial charge in [0.15, 0.2) is 5.17 Å². The molecule has 0 aliphatic heterocycles.